The maximum absolute atomic E-state index is 12.3. The van der Waals surface area contributed by atoms with Crippen molar-refractivity contribution >= 4 is 15.4 Å². The molecule has 0 saturated heterocycles. The third-order valence-corrected chi connectivity index (χ3v) is 5.18. The second kappa shape index (κ2) is 7.31. The molecule has 0 aliphatic carbocycles. The van der Waals surface area contributed by atoms with Gasteiger partial charge >= 0.3 is 0 Å². The third-order valence-electron chi connectivity index (χ3n) is 3.35. The van der Waals surface area contributed by atoms with Gasteiger partial charge in [0, 0.05) is 30.4 Å². The van der Waals surface area contributed by atoms with Crippen LogP contribution in [0.4, 0.5) is 5.69 Å². The zero-order valence-corrected chi connectivity index (χ0v) is 14.0. The van der Waals surface area contributed by atoms with Crippen LogP contribution in [0, 0.1) is 0 Å². The van der Waals surface area contributed by atoms with Crippen molar-refractivity contribution in [1.29, 1.82) is 0 Å². The predicted octanol–water partition coefficient (Wildman–Crippen LogP) is 3.78. The van der Waals surface area contributed by atoms with Crippen LogP contribution in [0.5, 0.6) is 5.75 Å². The third kappa shape index (κ3) is 4.24. The highest BCUT2D eigenvalue weighted by Crippen LogP contribution is 2.18. The molecule has 2 aromatic carbocycles. The van der Waals surface area contributed by atoms with E-state index in [0.29, 0.717) is 13.2 Å². The Hall–Kier alpha value is -2.01. The van der Waals surface area contributed by atoms with E-state index in [1.54, 1.807) is 13.3 Å². The van der Waals surface area contributed by atoms with Gasteiger partial charge in [-0.3, -0.25) is 0 Å². The maximum atomic E-state index is 12.3. The highest BCUT2D eigenvalue weighted by molar-refractivity contribution is 7.93. The number of nitrogens with one attached hydrogen (secondary N) is 1. The maximum Gasteiger partial charge on any atom is 0.119 e. The fraction of sp³-hybridized carbons (Fsp3) is 0.294. The van der Waals surface area contributed by atoms with E-state index in [9.17, 15) is 4.21 Å². The molecule has 0 aliphatic rings. The summed E-state index contributed by atoms with van der Waals surface area (Å²) in [6, 6.07) is 15.6. The van der Waals surface area contributed by atoms with E-state index in [4.69, 9.17) is 4.74 Å². The molecule has 2 rings (SSSR count). The highest BCUT2D eigenvalue weighted by Gasteiger charge is 2.05. The average Bonchev–Trinajstić information content (AvgIpc) is 2.55. The van der Waals surface area contributed by atoms with E-state index in [1.165, 1.54) is 0 Å². The number of rotatable bonds is 6. The van der Waals surface area contributed by atoms with Crippen molar-refractivity contribution in [2.24, 2.45) is 4.36 Å². The molecular formula is C17H22N2O2S. The molecule has 0 spiro atoms. The lowest BCUT2D eigenvalue weighted by Gasteiger charge is -2.10. The first-order chi connectivity index (χ1) is 10.5. The molecular weight excluding hydrogens is 296 g/mol. The standard InChI is InChI=1S/C17H22N2O2S/c1-4-21-16-10-8-14(9-11-16)13-19-15-6-5-7-17(12-15)22(3,20)18-2/h5-12,19H,4,13H2,1-3H3. The number of ether oxygens (including phenoxy) is 1. The molecule has 1 N–H and O–H groups in total. The zero-order valence-electron chi connectivity index (χ0n) is 13.2. The summed E-state index contributed by atoms with van der Waals surface area (Å²) in [7, 11) is -0.711. The molecule has 0 amide bonds. The molecule has 0 fully saturated rings. The van der Waals surface area contributed by atoms with Crippen molar-refractivity contribution in [3.8, 4) is 5.75 Å². The van der Waals surface area contributed by atoms with E-state index < -0.39 is 9.73 Å². The topological polar surface area (TPSA) is 50.7 Å². The largest absolute Gasteiger partial charge is 0.494 e. The van der Waals surface area contributed by atoms with Crippen molar-refractivity contribution in [2.45, 2.75) is 18.4 Å². The number of anilines is 1. The van der Waals surface area contributed by atoms with Crippen LogP contribution in [0.15, 0.2) is 57.8 Å². The summed E-state index contributed by atoms with van der Waals surface area (Å²) in [4.78, 5) is 0.742. The van der Waals surface area contributed by atoms with Crippen LogP contribution < -0.4 is 10.1 Å². The van der Waals surface area contributed by atoms with E-state index in [-0.39, 0.29) is 0 Å². The quantitative estimate of drug-likeness (QED) is 0.881. The first-order valence-corrected chi connectivity index (χ1v) is 9.13. The molecule has 1 atom stereocenters. The van der Waals surface area contributed by atoms with Gasteiger partial charge in [-0.2, -0.15) is 0 Å². The van der Waals surface area contributed by atoms with Crippen LogP contribution >= 0.6 is 0 Å². The Kier molecular flexibility index (Phi) is 5.44. The number of benzene rings is 2. The summed E-state index contributed by atoms with van der Waals surface area (Å²) in [6.45, 7) is 3.34. The first-order valence-electron chi connectivity index (χ1n) is 7.21. The average molecular weight is 318 g/mol. The molecule has 0 aromatic heterocycles. The Bertz CT molecular complexity index is 733. The lowest BCUT2D eigenvalue weighted by molar-refractivity contribution is 0.340. The minimum Gasteiger partial charge on any atom is -0.494 e. The van der Waals surface area contributed by atoms with Gasteiger partial charge in [-0.15, -0.1) is 0 Å². The molecule has 5 heteroatoms. The van der Waals surface area contributed by atoms with Crippen molar-refractivity contribution < 1.29 is 8.95 Å². The highest BCUT2D eigenvalue weighted by atomic mass is 32.2. The summed E-state index contributed by atoms with van der Waals surface area (Å²) in [6.07, 6.45) is 1.65. The normalized spacial score (nSPS) is 13.2. The van der Waals surface area contributed by atoms with Crippen molar-refractivity contribution in [3.63, 3.8) is 0 Å². The minimum absolute atomic E-state index is 0.670. The molecule has 0 bridgehead atoms. The van der Waals surface area contributed by atoms with Crippen LogP contribution in [-0.2, 0) is 16.3 Å². The summed E-state index contributed by atoms with van der Waals surface area (Å²) < 4.78 is 21.7. The minimum atomic E-state index is -2.30. The van der Waals surface area contributed by atoms with Crippen molar-refractivity contribution in [3.05, 3.63) is 54.1 Å². The molecule has 118 valence electrons. The van der Waals surface area contributed by atoms with Gasteiger partial charge in [-0.05, 0) is 42.8 Å². The van der Waals surface area contributed by atoms with Crippen LogP contribution in [0.2, 0.25) is 0 Å². The first kappa shape index (κ1) is 16.4. The lowest BCUT2D eigenvalue weighted by atomic mass is 10.2. The van der Waals surface area contributed by atoms with Gasteiger partial charge in [0.25, 0.3) is 0 Å². The van der Waals surface area contributed by atoms with Crippen molar-refractivity contribution in [1.82, 2.24) is 0 Å². The number of hydrogen-bond acceptors (Lipinski definition) is 4. The summed E-state index contributed by atoms with van der Waals surface area (Å²) in [5.41, 5.74) is 2.09. The fourth-order valence-electron chi connectivity index (χ4n) is 2.02. The second-order valence-electron chi connectivity index (χ2n) is 4.94. The van der Waals surface area contributed by atoms with E-state index in [0.717, 1.165) is 21.9 Å². The van der Waals surface area contributed by atoms with E-state index in [1.807, 2.05) is 55.5 Å². The van der Waals surface area contributed by atoms with Gasteiger partial charge in [0.2, 0.25) is 0 Å². The second-order valence-corrected chi connectivity index (χ2v) is 7.39. The number of hydrogen-bond donors (Lipinski definition) is 1. The zero-order chi connectivity index (χ0) is 16.0. The van der Waals surface area contributed by atoms with Gasteiger partial charge in [0.1, 0.15) is 5.75 Å². The van der Waals surface area contributed by atoms with E-state index in [2.05, 4.69) is 9.68 Å². The van der Waals surface area contributed by atoms with Crippen molar-refractivity contribution in [2.75, 3.05) is 25.2 Å². The molecule has 1 unspecified atom stereocenters. The Morgan fingerprint density at radius 1 is 1.18 bits per heavy atom. The molecule has 4 nitrogen and oxygen atoms in total. The van der Waals surface area contributed by atoms with E-state index >= 15 is 0 Å². The Morgan fingerprint density at radius 2 is 1.91 bits per heavy atom. The Morgan fingerprint density at radius 3 is 2.55 bits per heavy atom. The molecule has 0 radical (unpaired) electrons. The summed E-state index contributed by atoms with van der Waals surface area (Å²) >= 11 is 0. The SMILES string of the molecule is CCOc1ccc(CNc2cccc(S(C)(=O)=NC)c2)cc1. The fourth-order valence-corrected chi connectivity index (χ4v) is 2.91. The summed E-state index contributed by atoms with van der Waals surface area (Å²) in [5, 5.41) is 3.34. The van der Waals surface area contributed by atoms with Crippen LogP contribution in [0.25, 0.3) is 0 Å². The Labute approximate surface area is 132 Å². The molecule has 0 saturated carbocycles. The predicted molar refractivity (Wildman–Crippen MR) is 92.1 cm³/mol. The number of nitrogens with zero attached hydrogens (tertiary/aromatic N) is 1. The summed E-state index contributed by atoms with van der Waals surface area (Å²) in [5.74, 6) is 0.878. The van der Waals surface area contributed by atoms with Gasteiger partial charge < -0.3 is 10.1 Å². The Balaban J connectivity index is 2.06. The van der Waals surface area contributed by atoms with Crippen LogP contribution in [0.1, 0.15) is 12.5 Å². The monoisotopic (exact) mass is 318 g/mol. The lowest BCUT2D eigenvalue weighted by Crippen LogP contribution is -2.02. The van der Waals surface area contributed by atoms with Gasteiger partial charge in [0.15, 0.2) is 0 Å². The molecule has 0 heterocycles. The van der Waals surface area contributed by atoms with Gasteiger partial charge in [-0.25, -0.2) is 8.57 Å². The molecule has 0 aliphatic heterocycles. The van der Waals surface area contributed by atoms with Crippen LogP contribution in [0.3, 0.4) is 0 Å². The molecule has 2 aromatic rings. The van der Waals surface area contributed by atoms with Gasteiger partial charge in [-0.1, -0.05) is 18.2 Å². The van der Waals surface area contributed by atoms with Crippen LogP contribution in [-0.4, -0.2) is 24.1 Å². The molecule has 22 heavy (non-hydrogen) atoms. The van der Waals surface area contributed by atoms with Gasteiger partial charge in [0.05, 0.1) is 16.3 Å². The smallest absolute Gasteiger partial charge is 0.119 e.